The van der Waals surface area contributed by atoms with Gasteiger partial charge in [-0.25, -0.2) is 8.42 Å². The Morgan fingerprint density at radius 3 is 1.49 bits per heavy atom. The molecule has 0 unspecified atom stereocenters. The first kappa shape index (κ1) is 32.4. The Bertz CT molecular complexity index is 988. The average Bonchev–Trinajstić information content (AvgIpc) is 3.54. The summed E-state index contributed by atoms with van der Waals surface area (Å²) in [4.78, 5) is 0. The van der Waals surface area contributed by atoms with Gasteiger partial charge in [-0.3, -0.25) is 0 Å². The molecule has 0 atom stereocenters. The molecule has 3 heterocycles. The Kier molecular flexibility index (Phi) is 11.3. The van der Waals surface area contributed by atoms with Gasteiger partial charge in [-0.15, -0.1) is 0 Å². The third-order valence-corrected chi connectivity index (χ3v) is 10.2. The normalized spacial score (nSPS) is 24.2. The van der Waals surface area contributed by atoms with Gasteiger partial charge >= 0.3 is 17.3 Å². The van der Waals surface area contributed by atoms with Crippen molar-refractivity contribution in [3.8, 4) is 11.8 Å². The maximum atomic E-state index is 10.7. The van der Waals surface area contributed by atoms with Gasteiger partial charge in [0.1, 0.15) is 24.3 Å². The van der Waals surface area contributed by atoms with Crippen molar-refractivity contribution in [1.82, 2.24) is 4.57 Å². The lowest BCUT2D eigenvalue weighted by Crippen LogP contribution is -2.54. The zero-order chi connectivity index (χ0) is 29.4. The minimum Gasteiger partial charge on any atom is -0.741 e. The zero-order valence-electron chi connectivity index (χ0n) is 24.5. The number of alkyl halides is 3. The number of fused-ring (bicyclic) bond motifs is 5. The van der Waals surface area contributed by atoms with E-state index in [4.69, 9.17) is 22.4 Å². The predicted molar refractivity (Wildman–Crippen MR) is 149 cm³/mol. The van der Waals surface area contributed by atoms with Gasteiger partial charge in [0.25, 0.3) is 6.33 Å². The molecule has 4 aliphatic rings. The van der Waals surface area contributed by atoms with Crippen molar-refractivity contribution < 1.29 is 40.2 Å². The largest absolute Gasteiger partial charge is 0.741 e. The summed E-state index contributed by atoms with van der Waals surface area (Å²) in [5, 5.41) is 0. The van der Waals surface area contributed by atoms with E-state index >= 15 is 0 Å². The van der Waals surface area contributed by atoms with Crippen LogP contribution < -0.4 is 14.0 Å². The Hall–Kier alpha value is -1.49. The van der Waals surface area contributed by atoms with Crippen molar-refractivity contribution in [2.24, 2.45) is 0 Å². The minimum atomic E-state index is -6.09. The van der Waals surface area contributed by atoms with Crippen LogP contribution in [0.3, 0.4) is 0 Å². The fourth-order valence-electron chi connectivity index (χ4n) is 7.22. The maximum absolute atomic E-state index is 10.7. The van der Waals surface area contributed by atoms with Crippen LogP contribution in [0.5, 0.6) is 11.8 Å². The lowest BCUT2D eigenvalue weighted by atomic mass is 9.86. The minimum absolute atomic E-state index is 0.155. The van der Waals surface area contributed by atoms with Crippen molar-refractivity contribution in [2.45, 2.75) is 158 Å². The molecule has 2 aliphatic carbocycles. The molecule has 0 saturated heterocycles. The van der Waals surface area contributed by atoms with Crippen molar-refractivity contribution in [1.29, 1.82) is 0 Å². The van der Waals surface area contributed by atoms with E-state index in [1.54, 1.807) is 0 Å². The molecule has 5 rings (SSSR count). The highest BCUT2D eigenvalue weighted by atomic mass is 32.2. The number of aromatic nitrogens is 2. The summed E-state index contributed by atoms with van der Waals surface area (Å²) in [5.41, 5.74) is -5.34. The van der Waals surface area contributed by atoms with Crippen LogP contribution in [0.2, 0.25) is 0 Å². The van der Waals surface area contributed by atoms with Crippen LogP contribution in [0.15, 0.2) is 6.33 Å². The van der Waals surface area contributed by atoms with Crippen molar-refractivity contribution in [3.05, 3.63) is 6.33 Å². The van der Waals surface area contributed by atoms with Crippen LogP contribution in [-0.2, 0) is 21.2 Å². The number of hydrogen-bond acceptors (Lipinski definition) is 5. The second-order valence-electron chi connectivity index (χ2n) is 12.8. The lowest BCUT2D eigenvalue weighted by molar-refractivity contribution is -0.748. The lowest BCUT2D eigenvalue weighted by Gasteiger charge is -2.27. The Labute approximate surface area is 243 Å². The number of rotatable bonds is 0. The number of nitrogens with zero attached hydrogens (tertiary/aromatic N) is 2. The molecule has 0 N–H and O–H groups in total. The molecular weight excluding hydrogens is 557 g/mol. The first-order chi connectivity index (χ1) is 19.6. The molecule has 41 heavy (non-hydrogen) atoms. The van der Waals surface area contributed by atoms with Crippen LogP contribution in [-0.4, -0.2) is 36.3 Å². The highest BCUT2D eigenvalue weighted by molar-refractivity contribution is 7.86. The van der Waals surface area contributed by atoms with E-state index < -0.39 is 15.6 Å². The molecular formula is C30H49F3N2O5S. The number of halogens is 3. The first-order valence-electron chi connectivity index (χ1n) is 16.0. The maximum Gasteiger partial charge on any atom is 0.485 e. The second-order valence-corrected chi connectivity index (χ2v) is 14.1. The Morgan fingerprint density at radius 2 is 1.07 bits per heavy atom. The molecule has 1 aromatic heterocycles. The van der Waals surface area contributed by atoms with E-state index in [0.29, 0.717) is 0 Å². The van der Waals surface area contributed by atoms with Gasteiger partial charge in [-0.1, -0.05) is 89.9 Å². The molecule has 2 aliphatic heterocycles. The molecule has 0 radical (unpaired) electrons. The van der Waals surface area contributed by atoms with Crippen LogP contribution in [0.25, 0.3) is 0 Å². The molecule has 7 nitrogen and oxygen atoms in total. The van der Waals surface area contributed by atoms with Crippen LogP contribution in [0, 0.1) is 0 Å². The first-order valence-corrected chi connectivity index (χ1v) is 17.4. The van der Waals surface area contributed by atoms with Gasteiger partial charge in [-0.05, 0) is 51.4 Å². The Balaban J connectivity index is 0.000000426. The van der Waals surface area contributed by atoms with Gasteiger partial charge in [0, 0.05) is 0 Å². The van der Waals surface area contributed by atoms with Gasteiger partial charge in [-0.2, -0.15) is 22.3 Å². The fraction of sp³-hybridized carbons (Fsp3) is 0.900. The summed E-state index contributed by atoms with van der Waals surface area (Å²) in [7, 11) is -6.09. The zero-order valence-corrected chi connectivity index (χ0v) is 25.3. The Morgan fingerprint density at radius 1 is 0.683 bits per heavy atom. The molecule has 1 aromatic rings. The summed E-state index contributed by atoms with van der Waals surface area (Å²) in [6.07, 6.45) is 32.6. The van der Waals surface area contributed by atoms with Crippen LogP contribution in [0.1, 0.15) is 141 Å². The highest BCUT2D eigenvalue weighted by Gasteiger charge is 2.55. The molecule has 2 spiro atoms. The molecule has 0 aromatic carbocycles. The van der Waals surface area contributed by atoms with E-state index in [0.717, 1.165) is 25.0 Å². The van der Waals surface area contributed by atoms with Crippen LogP contribution >= 0.6 is 0 Å². The monoisotopic (exact) mass is 606 g/mol. The smallest absolute Gasteiger partial charge is 0.485 e. The predicted octanol–water partition coefficient (Wildman–Crippen LogP) is 7.61. The molecule has 2 fully saturated rings. The van der Waals surface area contributed by atoms with Crippen LogP contribution in [0.4, 0.5) is 13.2 Å². The van der Waals surface area contributed by atoms with E-state index in [1.165, 1.54) is 141 Å². The topological polar surface area (TPSA) is 84.5 Å². The number of ether oxygens (including phenoxy) is 2. The third-order valence-electron chi connectivity index (χ3n) is 9.68. The van der Waals surface area contributed by atoms with Gasteiger partial charge in [0.2, 0.25) is 0 Å². The quantitative estimate of drug-likeness (QED) is 0.172. The number of hydrogen-bond donors (Lipinski definition) is 0. The van der Waals surface area contributed by atoms with Gasteiger partial charge < -0.3 is 14.0 Å². The summed E-state index contributed by atoms with van der Waals surface area (Å²) >= 11 is 0. The summed E-state index contributed by atoms with van der Waals surface area (Å²) in [6, 6.07) is 0. The summed E-state index contributed by atoms with van der Waals surface area (Å²) in [6.45, 7) is 1.71. The third kappa shape index (κ3) is 8.12. The van der Waals surface area contributed by atoms with Crippen molar-refractivity contribution >= 4 is 10.1 Å². The molecule has 2 saturated carbocycles. The SMILES string of the molecule is O=S(=O)([O-])C(F)(F)F.c1n2c(c3[n+]1C1(CCCCCCCCCCC1)CO3)OCC21CCCCCCCCCCC1. The standard InChI is InChI=1S/C29H49N2O2.CHF3O3S/c1-3-7-11-15-19-28(20-16-12-8-4-1)23-32-26-27-31(25-30(26)28)29(24-33-27)21-17-13-9-5-2-6-10-14-18-22-29;2-1(3,4)8(5,6)7/h25H,1-24H2;(H,5,6,7)/q+1;/p-1. The molecule has 11 heteroatoms. The van der Waals surface area contributed by atoms with E-state index in [-0.39, 0.29) is 11.1 Å². The van der Waals surface area contributed by atoms with E-state index in [1.807, 2.05) is 0 Å². The van der Waals surface area contributed by atoms with Crippen molar-refractivity contribution in [2.75, 3.05) is 13.2 Å². The molecule has 0 bridgehead atoms. The van der Waals surface area contributed by atoms with E-state index in [9.17, 15) is 13.2 Å². The molecule has 0 amide bonds. The molecule has 236 valence electrons. The average molecular weight is 607 g/mol. The van der Waals surface area contributed by atoms with E-state index in [2.05, 4.69) is 15.5 Å². The fourth-order valence-corrected chi connectivity index (χ4v) is 7.22. The number of imidazole rings is 1. The van der Waals surface area contributed by atoms with Crippen molar-refractivity contribution in [3.63, 3.8) is 0 Å². The van der Waals surface area contributed by atoms with Gasteiger partial charge in [0.15, 0.2) is 10.1 Å². The summed E-state index contributed by atoms with van der Waals surface area (Å²) < 4.78 is 77.0. The second kappa shape index (κ2) is 14.3. The van der Waals surface area contributed by atoms with Gasteiger partial charge in [0.05, 0.1) is 0 Å². The summed E-state index contributed by atoms with van der Waals surface area (Å²) in [5.74, 6) is 2.09. The highest BCUT2D eigenvalue weighted by Crippen LogP contribution is 2.47.